The van der Waals surface area contributed by atoms with Crippen molar-refractivity contribution in [2.24, 2.45) is 17.8 Å². The highest BCUT2D eigenvalue weighted by Gasteiger charge is 2.54. The van der Waals surface area contributed by atoms with Crippen molar-refractivity contribution < 1.29 is 27.1 Å². The Morgan fingerprint density at radius 1 is 1.06 bits per heavy atom. The van der Waals surface area contributed by atoms with Crippen LogP contribution in [0, 0.1) is 23.6 Å². The van der Waals surface area contributed by atoms with Gasteiger partial charge in [-0.05, 0) is 106 Å². The zero-order chi connectivity index (χ0) is 38.0. The maximum Gasteiger partial charge on any atom is 0.407 e. The molecule has 54 heavy (non-hydrogen) atoms. The first-order chi connectivity index (χ1) is 26.1. The summed E-state index contributed by atoms with van der Waals surface area (Å²) < 4.78 is 48.9. The van der Waals surface area contributed by atoms with Crippen LogP contribution in [0.5, 0.6) is 0 Å². The minimum atomic E-state index is -3.46. The maximum absolute atomic E-state index is 15.2. The van der Waals surface area contributed by atoms with Crippen LogP contribution in [-0.4, -0.2) is 92.0 Å². The molecule has 0 radical (unpaired) electrons. The van der Waals surface area contributed by atoms with E-state index in [9.17, 15) is 18.0 Å². The van der Waals surface area contributed by atoms with Crippen molar-refractivity contribution in [2.75, 3.05) is 44.7 Å². The van der Waals surface area contributed by atoms with Crippen LogP contribution in [0.1, 0.15) is 63.3 Å². The van der Waals surface area contributed by atoms with Gasteiger partial charge >= 0.3 is 6.09 Å². The van der Waals surface area contributed by atoms with Gasteiger partial charge in [0.05, 0.1) is 22.8 Å². The quantitative estimate of drug-likeness (QED) is 0.225. The molecule has 4 fully saturated rings. The Bertz CT molecular complexity index is 1920. The van der Waals surface area contributed by atoms with Crippen LogP contribution in [0.15, 0.2) is 78.5 Å². The fourth-order valence-corrected chi connectivity index (χ4v) is 11.7. The van der Waals surface area contributed by atoms with Crippen molar-refractivity contribution in [1.82, 2.24) is 25.1 Å². The van der Waals surface area contributed by atoms with E-state index in [-0.39, 0.29) is 35.6 Å². The number of rotatable bonds is 13. The summed E-state index contributed by atoms with van der Waals surface area (Å²) in [5.74, 6) is 1.11. The highest BCUT2D eigenvalue weighted by atomic mass is 32.2. The van der Waals surface area contributed by atoms with Gasteiger partial charge in [-0.2, -0.15) is 0 Å². The molecule has 290 valence electrons. The predicted molar refractivity (Wildman–Crippen MR) is 205 cm³/mol. The van der Waals surface area contributed by atoms with E-state index < -0.39 is 26.7 Å². The van der Waals surface area contributed by atoms with E-state index in [2.05, 4.69) is 50.8 Å². The van der Waals surface area contributed by atoms with Crippen molar-refractivity contribution in [2.45, 2.75) is 86.1 Å². The second kappa shape index (κ2) is 15.9. The van der Waals surface area contributed by atoms with E-state index in [0.29, 0.717) is 23.7 Å². The Morgan fingerprint density at radius 3 is 2.46 bits per heavy atom. The van der Waals surface area contributed by atoms with Gasteiger partial charge in [0.1, 0.15) is 11.6 Å². The average Bonchev–Trinajstić information content (AvgIpc) is 3.82. The number of hydrogen-bond acceptors (Lipinski definition) is 8. The number of hydrogen-bond donors (Lipinski definition) is 2. The maximum atomic E-state index is 15.2. The largest absolute Gasteiger partial charge is 0.453 e. The van der Waals surface area contributed by atoms with Crippen LogP contribution in [0.25, 0.3) is 0 Å². The molecule has 1 aromatic heterocycles. The molecule has 3 aromatic rings. The van der Waals surface area contributed by atoms with E-state index in [1.54, 1.807) is 24.3 Å². The first kappa shape index (κ1) is 38.1. The molecule has 4 aliphatic rings. The third kappa shape index (κ3) is 7.28. The molecule has 2 aromatic carbocycles. The minimum Gasteiger partial charge on any atom is -0.453 e. The molecule has 2 amide bonds. The number of nitrogens with zero attached hydrogens (tertiary/aromatic N) is 4. The summed E-state index contributed by atoms with van der Waals surface area (Å²) in [7, 11) is -2.06. The lowest BCUT2D eigenvalue weighted by Gasteiger charge is -2.52. The lowest BCUT2D eigenvalue weighted by atomic mass is 9.64. The molecule has 2 aliphatic carbocycles. The molecular formula is C41H53FN6O5S. The second-order valence-corrected chi connectivity index (χ2v) is 17.8. The van der Waals surface area contributed by atoms with Crippen molar-refractivity contribution in [1.29, 1.82) is 0 Å². The number of likely N-dealkylation sites (tertiary alicyclic amines) is 1. The number of aryl methyl sites for hydroxylation is 1. The third-order valence-electron chi connectivity index (χ3n) is 12.6. The number of ether oxygens (including phenoxy) is 1. The van der Waals surface area contributed by atoms with Gasteiger partial charge in [0.25, 0.3) is 0 Å². The summed E-state index contributed by atoms with van der Waals surface area (Å²) in [5.41, 5.74) is 1.35. The van der Waals surface area contributed by atoms with Crippen molar-refractivity contribution in [3.63, 3.8) is 0 Å². The van der Waals surface area contributed by atoms with Crippen molar-refractivity contribution in [3.05, 3.63) is 90.8 Å². The molecule has 7 rings (SSSR count). The molecule has 11 nitrogen and oxygen atoms in total. The summed E-state index contributed by atoms with van der Waals surface area (Å²) in [6, 6.07) is 14.0. The van der Waals surface area contributed by atoms with Crippen molar-refractivity contribution in [3.8, 4) is 0 Å². The lowest BCUT2D eigenvalue weighted by Crippen LogP contribution is -2.58. The van der Waals surface area contributed by atoms with Gasteiger partial charge in [-0.25, -0.2) is 22.6 Å². The Hall–Kier alpha value is -4.23. The summed E-state index contributed by atoms with van der Waals surface area (Å²) >= 11 is 0. The SMILES string of the molecule is C=CC(=O)NC1CC(S(=O)(=O)c2ccc(N3CC(CN4CCC(C(c5cccc(F)c5)([C@H]5CCC[C@@H]5NC(=O)OC)n5ccnc5CC)CC4)C3)cc2)C1. The predicted octanol–water partition coefficient (Wildman–Crippen LogP) is 5.31. The molecule has 2 saturated carbocycles. The fraction of sp³-hybridized carbons (Fsp3) is 0.537. The molecule has 0 bridgehead atoms. The number of methoxy groups -OCH3 is 1. The Balaban J connectivity index is 1.01. The van der Waals surface area contributed by atoms with E-state index in [0.717, 1.165) is 88.3 Å². The van der Waals surface area contributed by atoms with E-state index in [4.69, 9.17) is 9.72 Å². The summed E-state index contributed by atoms with van der Waals surface area (Å²) in [6.45, 7) is 10.2. The van der Waals surface area contributed by atoms with Gasteiger partial charge in [0.2, 0.25) is 5.91 Å². The number of nitrogens with one attached hydrogen (secondary N) is 2. The fourth-order valence-electron chi connectivity index (χ4n) is 9.86. The molecule has 13 heteroatoms. The van der Waals surface area contributed by atoms with Crippen LogP contribution in [-0.2, 0) is 31.3 Å². The minimum absolute atomic E-state index is 0.0201. The van der Waals surface area contributed by atoms with Crippen LogP contribution in [0.3, 0.4) is 0 Å². The summed E-state index contributed by atoms with van der Waals surface area (Å²) in [6.07, 6.45) is 10.8. The smallest absolute Gasteiger partial charge is 0.407 e. The Labute approximate surface area is 318 Å². The zero-order valence-electron chi connectivity index (χ0n) is 31.3. The van der Waals surface area contributed by atoms with Gasteiger partial charge in [-0.15, -0.1) is 0 Å². The first-order valence-electron chi connectivity index (χ1n) is 19.4. The Kier molecular flexibility index (Phi) is 11.2. The molecule has 2 saturated heterocycles. The van der Waals surface area contributed by atoms with Gasteiger partial charge < -0.3 is 29.7 Å². The highest BCUT2D eigenvalue weighted by Crippen LogP contribution is 2.52. The molecule has 0 spiro atoms. The number of anilines is 1. The van der Waals surface area contributed by atoms with E-state index in [1.807, 2.05) is 18.3 Å². The van der Waals surface area contributed by atoms with E-state index in [1.165, 1.54) is 19.3 Å². The standard InChI is InChI=1S/C41H53FN6O5S/c1-4-38-43-18-21-48(38)41(30-8-6-9-31(42)22-30,36-10-7-11-37(36)45-40(50)53-3)29-16-19-46(20-17-29)25-28-26-47(27-28)33-12-14-34(15-13-33)54(51,52)35-23-32(24-35)44-39(49)5-2/h5-6,8-9,12-15,18,21-22,28-29,32,35-37H,2,4,7,10-11,16-17,19-20,23-27H2,1,3H3,(H,44,49)(H,45,50)/t32?,35?,36-,37-,41?/m0/s1. The van der Waals surface area contributed by atoms with Gasteiger partial charge in [-0.1, -0.05) is 32.1 Å². The number of halogens is 1. The molecule has 1 unspecified atom stereocenters. The molecule has 2 N–H and O–H groups in total. The number of sulfone groups is 1. The van der Waals surface area contributed by atoms with Gasteiger partial charge in [-0.3, -0.25) is 4.79 Å². The topological polar surface area (TPSA) is 126 Å². The number of amides is 2. The van der Waals surface area contributed by atoms with Crippen molar-refractivity contribution >= 4 is 27.5 Å². The highest BCUT2D eigenvalue weighted by molar-refractivity contribution is 7.92. The third-order valence-corrected chi connectivity index (χ3v) is 14.8. The summed E-state index contributed by atoms with van der Waals surface area (Å²) in [4.78, 5) is 34.1. The first-order valence-corrected chi connectivity index (χ1v) is 21.0. The number of piperidine rings is 1. The normalized spacial score (nSPS) is 24.9. The van der Waals surface area contributed by atoms with Crippen LogP contribution in [0.2, 0.25) is 0 Å². The van der Waals surface area contributed by atoms with Crippen LogP contribution < -0.4 is 15.5 Å². The number of carbonyl (C=O) groups excluding carboxylic acids is 2. The molecular weight excluding hydrogens is 708 g/mol. The molecule has 2 aliphatic heterocycles. The van der Waals surface area contributed by atoms with Gasteiger partial charge in [0, 0.05) is 68.1 Å². The number of imidazole rings is 1. The summed E-state index contributed by atoms with van der Waals surface area (Å²) in [5, 5.41) is 5.44. The van der Waals surface area contributed by atoms with Gasteiger partial charge in [0.15, 0.2) is 9.84 Å². The number of benzene rings is 2. The molecule has 3 atom stereocenters. The number of aromatic nitrogens is 2. The lowest BCUT2D eigenvalue weighted by molar-refractivity contribution is -0.117. The van der Waals surface area contributed by atoms with Crippen LogP contribution in [0.4, 0.5) is 14.9 Å². The zero-order valence-corrected chi connectivity index (χ0v) is 32.1. The number of carbonyl (C=O) groups is 2. The second-order valence-electron chi connectivity index (χ2n) is 15.6. The average molecular weight is 761 g/mol. The Morgan fingerprint density at radius 2 is 1.80 bits per heavy atom. The molecule has 3 heterocycles. The monoisotopic (exact) mass is 760 g/mol. The number of alkyl carbamates (subject to hydrolysis) is 1. The van der Waals surface area contributed by atoms with Crippen LogP contribution >= 0.6 is 0 Å². The van der Waals surface area contributed by atoms with E-state index >= 15 is 4.39 Å².